The largest absolute Gasteiger partial charge is 0.493 e. The minimum absolute atomic E-state index is 0.271. The monoisotopic (exact) mass is 435 g/mol. The van der Waals surface area contributed by atoms with E-state index in [2.05, 4.69) is 5.32 Å². The van der Waals surface area contributed by atoms with Gasteiger partial charge in [-0.2, -0.15) is 0 Å². The summed E-state index contributed by atoms with van der Waals surface area (Å²) in [6, 6.07) is 10.5. The van der Waals surface area contributed by atoms with Crippen molar-refractivity contribution in [3.05, 3.63) is 65.4 Å². The molecule has 6 heteroatoms. The summed E-state index contributed by atoms with van der Waals surface area (Å²) in [5.41, 5.74) is 4.43. The summed E-state index contributed by atoms with van der Waals surface area (Å²) < 4.78 is 16.5. The quantitative estimate of drug-likeness (QED) is 0.248. The van der Waals surface area contributed by atoms with E-state index in [9.17, 15) is 9.59 Å². The molecule has 0 atom stereocenters. The van der Waals surface area contributed by atoms with Gasteiger partial charge in [-0.15, -0.1) is 0 Å². The molecular weight excluding hydrogens is 406 g/mol. The highest BCUT2D eigenvalue weighted by atomic mass is 16.5. The highest BCUT2D eigenvalue weighted by Crippen LogP contribution is 2.33. The molecule has 2 aromatic carbocycles. The van der Waals surface area contributed by atoms with Crippen LogP contribution in [0.15, 0.2) is 53.2 Å². The molecule has 0 aliphatic rings. The number of fused-ring (bicyclic) bond motifs is 1. The Balaban J connectivity index is 1.73. The molecule has 0 saturated heterocycles. The molecule has 0 fully saturated rings. The number of aryl methyl sites for hydroxylation is 1. The molecule has 1 amide bonds. The number of ether oxygens (including phenoxy) is 2. The molecule has 0 aliphatic carbocycles. The number of hydrogen-bond acceptors (Lipinski definition) is 5. The molecule has 3 aromatic rings. The highest BCUT2D eigenvalue weighted by molar-refractivity contribution is 6.05. The van der Waals surface area contributed by atoms with Crippen LogP contribution in [0, 0.1) is 6.92 Å². The van der Waals surface area contributed by atoms with Crippen LogP contribution in [-0.4, -0.2) is 25.1 Å². The van der Waals surface area contributed by atoms with E-state index in [0.29, 0.717) is 30.2 Å². The maximum absolute atomic E-state index is 12.6. The van der Waals surface area contributed by atoms with Crippen LogP contribution in [0.3, 0.4) is 0 Å². The molecule has 1 N–H and O–H groups in total. The molecule has 0 saturated carbocycles. The fourth-order valence-corrected chi connectivity index (χ4v) is 3.30. The normalized spacial score (nSPS) is 11.4. The number of amides is 1. The van der Waals surface area contributed by atoms with E-state index in [1.165, 1.54) is 6.08 Å². The Labute approximate surface area is 188 Å². The molecular formula is C26H29NO5. The van der Waals surface area contributed by atoms with Crippen molar-refractivity contribution in [3.63, 3.8) is 0 Å². The van der Waals surface area contributed by atoms with Gasteiger partial charge >= 0.3 is 5.97 Å². The van der Waals surface area contributed by atoms with Gasteiger partial charge < -0.3 is 19.2 Å². The van der Waals surface area contributed by atoms with E-state index in [4.69, 9.17) is 13.9 Å². The third-order valence-corrected chi connectivity index (χ3v) is 5.06. The molecule has 0 radical (unpaired) electrons. The number of esters is 1. The van der Waals surface area contributed by atoms with Crippen LogP contribution >= 0.6 is 0 Å². The van der Waals surface area contributed by atoms with Crippen molar-refractivity contribution in [2.24, 2.45) is 0 Å². The van der Waals surface area contributed by atoms with E-state index >= 15 is 0 Å². The standard InChI is InChI=1S/C26H29NO5/c1-5-7-12-31-26(29)19-8-10-20(11-9-19)27-25(28)13-17(3)21-14-22-18(4)16-32-24(22)15-23(21)30-6-2/h8-11,13-16H,5-7,12H2,1-4H3,(H,27,28)/b17-13+. The Morgan fingerprint density at radius 3 is 2.56 bits per heavy atom. The van der Waals surface area contributed by atoms with Crippen molar-refractivity contribution in [1.82, 2.24) is 0 Å². The average molecular weight is 436 g/mol. The highest BCUT2D eigenvalue weighted by Gasteiger charge is 2.13. The lowest BCUT2D eigenvalue weighted by atomic mass is 10.0. The number of hydrogen-bond donors (Lipinski definition) is 1. The number of benzene rings is 2. The maximum atomic E-state index is 12.6. The van der Waals surface area contributed by atoms with Crippen LogP contribution in [0.4, 0.5) is 5.69 Å². The topological polar surface area (TPSA) is 77.8 Å². The zero-order chi connectivity index (χ0) is 23.1. The zero-order valence-electron chi connectivity index (χ0n) is 19.0. The second-order valence-corrected chi connectivity index (χ2v) is 7.58. The van der Waals surface area contributed by atoms with Crippen molar-refractivity contribution in [2.45, 2.75) is 40.5 Å². The predicted octanol–water partition coefficient (Wildman–Crippen LogP) is 6.14. The molecule has 0 bridgehead atoms. The van der Waals surface area contributed by atoms with Gasteiger partial charge in [0.05, 0.1) is 25.0 Å². The lowest BCUT2D eigenvalue weighted by Gasteiger charge is -2.11. The second kappa shape index (κ2) is 10.7. The fraction of sp³-hybridized carbons (Fsp3) is 0.308. The van der Waals surface area contributed by atoms with E-state index in [-0.39, 0.29) is 11.9 Å². The van der Waals surface area contributed by atoms with E-state index in [1.54, 1.807) is 30.5 Å². The first kappa shape index (κ1) is 23.1. The first-order valence-electron chi connectivity index (χ1n) is 10.8. The van der Waals surface area contributed by atoms with Crippen LogP contribution < -0.4 is 10.1 Å². The number of allylic oxidation sites excluding steroid dienone is 1. The number of rotatable bonds is 9. The van der Waals surface area contributed by atoms with Crippen LogP contribution in [-0.2, 0) is 9.53 Å². The van der Waals surface area contributed by atoms with Crippen LogP contribution in [0.25, 0.3) is 16.5 Å². The van der Waals surface area contributed by atoms with Crippen molar-refractivity contribution in [3.8, 4) is 5.75 Å². The summed E-state index contributed by atoms with van der Waals surface area (Å²) in [6.45, 7) is 8.71. The van der Waals surface area contributed by atoms with E-state index < -0.39 is 0 Å². The molecule has 3 rings (SSSR count). The third-order valence-electron chi connectivity index (χ3n) is 5.06. The van der Waals surface area contributed by atoms with Gasteiger partial charge in [-0.05, 0) is 68.7 Å². The molecule has 0 spiro atoms. The molecule has 32 heavy (non-hydrogen) atoms. The van der Waals surface area contributed by atoms with Crippen LogP contribution in [0.5, 0.6) is 5.75 Å². The predicted molar refractivity (Wildman–Crippen MR) is 126 cm³/mol. The minimum atomic E-state index is -0.361. The summed E-state index contributed by atoms with van der Waals surface area (Å²) in [7, 11) is 0. The Hall–Kier alpha value is -3.54. The van der Waals surface area contributed by atoms with Crippen LogP contribution in [0.1, 0.15) is 55.1 Å². The lowest BCUT2D eigenvalue weighted by molar-refractivity contribution is -0.111. The SMILES string of the molecule is CCCCOC(=O)c1ccc(NC(=O)/C=C(\C)c2cc3c(C)coc3cc2OCC)cc1. The van der Waals surface area contributed by atoms with Gasteiger partial charge in [-0.25, -0.2) is 4.79 Å². The summed E-state index contributed by atoms with van der Waals surface area (Å²) in [5, 5.41) is 3.81. The Morgan fingerprint density at radius 1 is 1.12 bits per heavy atom. The van der Waals surface area contributed by atoms with Crippen molar-refractivity contribution in [1.29, 1.82) is 0 Å². The van der Waals surface area contributed by atoms with Crippen LogP contribution in [0.2, 0.25) is 0 Å². The number of unbranched alkanes of at least 4 members (excludes halogenated alkanes) is 1. The molecule has 1 heterocycles. The summed E-state index contributed by atoms with van der Waals surface area (Å²) in [5.74, 6) is 0.0366. The van der Waals surface area contributed by atoms with Gasteiger partial charge in [0.1, 0.15) is 11.3 Å². The van der Waals surface area contributed by atoms with Gasteiger partial charge in [0.25, 0.3) is 0 Å². The summed E-state index contributed by atoms with van der Waals surface area (Å²) >= 11 is 0. The van der Waals surface area contributed by atoms with Crippen molar-refractivity contribution >= 4 is 34.1 Å². The minimum Gasteiger partial charge on any atom is -0.493 e. The zero-order valence-corrected chi connectivity index (χ0v) is 19.0. The van der Waals surface area contributed by atoms with E-state index in [0.717, 1.165) is 40.5 Å². The van der Waals surface area contributed by atoms with Gasteiger partial charge in [-0.3, -0.25) is 4.79 Å². The smallest absolute Gasteiger partial charge is 0.338 e. The Kier molecular flexibility index (Phi) is 7.71. The number of furan rings is 1. The lowest BCUT2D eigenvalue weighted by Crippen LogP contribution is -2.10. The molecule has 6 nitrogen and oxygen atoms in total. The third kappa shape index (κ3) is 5.58. The second-order valence-electron chi connectivity index (χ2n) is 7.58. The van der Waals surface area contributed by atoms with E-state index in [1.807, 2.05) is 39.8 Å². The Bertz CT molecular complexity index is 1130. The Morgan fingerprint density at radius 2 is 1.88 bits per heavy atom. The van der Waals surface area contributed by atoms with Gasteiger partial charge in [0.15, 0.2) is 0 Å². The van der Waals surface area contributed by atoms with Gasteiger partial charge in [0.2, 0.25) is 5.91 Å². The molecule has 0 aliphatic heterocycles. The van der Waals surface area contributed by atoms with Crippen molar-refractivity contribution < 1.29 is 23.5 Å². The maximum Gasteiger partial charge on any atom is 0.338 e. The van der Waals surface area contributed by atoms with Gasteiger partial charge in [0, 0.05) is 28.8 Å². The summed E-state index contributed by atoms with van der Waals surface area (Å²) in [6.07, 6.45) is 5.04. The number of carbonyl (C=O) groups excluding carboxylic acids is 2. The van der Waals surface area contributed by atoms with Crippen molar-refractivity contribution in [2.75, 3.05) is 18.5 Å². The first-order chi connectivity index (χ1) is 15.4. The average Bonchev–Trinajstić information content (AvgIpc) is 3.13. The molecule has 0 unspecified atom stereocenters. The number of anilines is 1. The fourth-order valence-electron chi connectivity index (χ4n) is 3.30. The number of carbonyl (C=O) groups is 2. The molecule has 1 aromatic heterocycles. The first-order valence-corrected chi connectivity index (χ1v) is 10.8. The molecule has 168 valence electrons. The van der Waals surface area contributed by atoms with Gasteiger partial charge in [-0.1, -0.05) is 13.3 Å². The number of nitrogens with one attached hydrogen (secondary N) is 1. The summed E-state index contributed by atoms with van der Waals surface area (Å²) in [4.78, 5) is 24.6.